The van der Waals surface area contributed by atoms with Crippen LogP contribution < -0.4 is 5.32 Å². The molecule has 1 aromatic carbocycles. The highest BCUT2D eigenvalue weighted by atomic mass is 32.2. The van der Waals surface area contributed by atoms with Gasteiger partial charge in [0.15, 0.2) is 6.04 Å². The number of nitrogens with zero attached hydrogens (tertiary/aromatic N) is 1. The second kappa shape index (κ2) is 6.03. The van der Waals surface area contributed by atoms with Crippen LogP contribution in [0, 0.1) is 0 Å². The number of benzene rings is 1. The summed E-state index contributed by atoms with van der Waals surface area (Å²) < 4.78 is -0.598. The Morgan fingerprint density at radius 2 is 1.96 bits per heavy atom. The number of hydrogen-bond acceptors (Lipinski definition) is 5. The predicted octanol–water partition coefficient (Wildman–Crippen LogP) is 0.985. The van der Waals surface area contributed by atoms with E-state index in [2.05, 4.69) is 5.32 Å². The zero-order valence-electron chi connectivity index (χ0n) is 14.1. The normalized spacial score (nSPS) is 25.9. The van der Waals surface area contributed by atoms with E-state index in [4.69, 9.17) is 0 Å². The SMILES string of the molecule is C[C@@H](O)[C@H](NC(=O)[C@@H]1N2C(=O)c3ccccc3[C@@H]2SC1(C)C)C(=O)O. The van der Waals surface area contributed by atoms with E-state index in [-0.39, 0.29) is 11.3 Å². The van der Waals surface area contributed by atoms with Crippen molar-refractivity contribution in [3.05, 3.63) is 35.4 Å². The molecule has 0 aliphatic carbocycles. The van der Waals surface area contributed by atoms with Crippen molar-refractivity contribution in [3.63, 3.8) is 0 Å². The molecule has 8 heteroatoms. The number of thioether (sulfide) groups is 1. The first-order valence-corrected chi connectivity index (χ1v) is 8.84. The summed E-state index contributed by atoms with van der Waals surface area (Å²) in [6.45, 7) is 5.01. The van der Waals surface area contributed by atoms with Gasteiger partial charge in [0.25, 0.3) is 5.91 Å². The van der Waals surface area contributed by atoms with E-state index in [1.54, 1.807) is 12.1 Å². The van der Waals surface area contributed by atoms with E-state index in [1.807, 2.05) is 26.0 Å². The number of aliphatic hydroxyl groups excluding tert-OH is 1. The molecule has 2 heterocycles. The second-order valence-corrected chi connectivity index (χ2v) is 8.58. The van der Waals surface area contributed by atoms with Crippen LogP contribution in [0.2, 0.25) is 0 Å². The topological polar surface area (TPSA) is 107 Å². The summed E-state index contributed by atoms with van der Waals surface area (Å²) in [7, 11) is 0. The molecule has 0 spiro atoms. The Labute approximate surface area is 149 Å². The number of carboxylic acids is 1. The van der Waals surface area contributed by atoms with Crippen molar-refractivity contribution in [2.24, 2.45) is 0 Å². The number of rotatable bonds is 4. The van der Waals surface area contributed by atoms with E-state index in [9.17, 15) is 24.6 Å². The quantitative estimate of drug-likeness (QED) is 0.735. The summed E-state index contributed by atoms with van der Waals surface area (Å²) in [5.41, 5.74) is 1.43. The third-order valence-electron chi connectivity index (χ3n) is 4.59. The molecule has 0 aromatic heterocycles. The average Bonchev–Trinajstić information content (AvgIpc) is 2.95. The van der Waals surface area contributed by atoms with Crippen LogP contribution in [-0.2, 0) is 9.59 Å². The van der Waals surface area contributed by atoms with Crippen LogP contribution in [-0.4, -0.2) is 55.8 Å². The minimum absolute atomic E-state index is 0.234. The van der Waals surface area contributed by atoms with Crippen molar-refractivity contribution in [2.75, 3.05) is 0 Å². The molecule has 25 heavy (non-hydrogen) atoms. The second-order valence-electron chi connectivity index (χ2n) is 6.84. The molecule has 2 amide bonds. The summed E-state index contributed by atoms with van der Waals surface area (Å²) in [5.74, 6) is -2.13. The molecule has 134 valence electrons. The van der Waals surface area contributed by atoms with Crippen molar-refractivity contribution >= 4 is 29.5 Å². The molecule has 0 radical (unpaired) electrons. The van der Waals surface area contributed by atoms with Crippen LogP contribution in [0.1, 0.15) is 42.1 Å². The standard InChI is InChI=1S/C17H20N2O5S/c1-8(20)11(16(23)24)18-13(21)12-17(2,3)25-15-10-7-5-4-6-9(10)14(22)19(12)15/h4-8,11-12,15,20H,1-3H3,(H,18,21)(H,23,24)/t8-,11+,12+,15+/m1/s1. The molecule has 2 aliphatic heterocycles. The Morgan fingerprint density at radius 1 is 1.32 bits per heavy atom. The zero-order valence-corrected chi connectivity index (χ0v) is 14.9. The van der Waals surface area contributed by atoms with Crippen LogP contribution in [0.4, 0.5) is 0 Å². The number of nitrogens with one attached hydrogen (secondary N) is 1. The maximum absolute atomic E-state index is 12.8. The first-order chi connectivity index (χ1) is 11.6. The number of aliphatic hydroxyl groups is 1. The van der Waals surface area contributed by atoms with E-state index in [1.165, 1.54) is 23.6 Å². The van der Waals surface area contributed by atoms with Gasteiger partial charge in [0, 0.05) is 10.3 Å². The number of carbonyl (C=O) groups is 3. The highest BCUT2D eigenvalue weighted by Crippen LogP contribution is 2.56. The van der Waals surface area contributed by atoms with Gasteiger partial charge in [-0.3, -0.25) is 9.59 Å². The molecule has 0 saturated carbocycles. The van der Waals surface area contributed by atoms with Crippen molar-refractivity contribution in [1.29, 1.82) is 0 Å². The van der Waals surface area contributed by atoms with Gasteiger partial charge in [-0.15, -0.1) is 11.8 Å². The maximum atomic E-state index is 12.8. The molecule has 4 atom stereocenters. The van der Waals surface area contributed by atoms with Crippen molar-refractivity contribution in [2.45, 2.75) is 49.1 Å². The molecule has 3 N–H and O–H groups in total. The lowest BCUT2D eigenvalue weighted by atomic mass is 10.00. The van der Waals surface area contributed by atoms with Crippen molar-refractivity contribution in [1.82, 2.24) is 10.2 Å². The minimum atomic E-state index is -1.42. The molecular weight excluding hydrogens is 344 g/mol. The number of aliphatic carboxylic acids is 1. The van der Waals surface area contributed by atoms with E-state index in [0.717, 1.165) is 5.56 Å². The van der Waals surface area contributed by atoms with Gasteiger partial charge in [-0.05, 0) is 32.4 Å². The number of fused-ring (bicyclic) bond motifs is 3. The van der Waals surface area contributed by atoms with E-state index in [0.29, 0.717) is 5.56 Å². The Bertz CT molecular complexity index is 748. The molecule has 1 aromatic rings. The molecule has 0 unspecified atom stereocenters. The van der Waals surface area contributed by atoms with Gasteiger partial charge in [-0.2, -0.15) is 0 Å². The fourth-order valence-electron chi connectivity index (χ4n) is 3.43. The number of amides is 2. The fraction of sp³-hybridized carbons (Fsp3) is 0.471. The Kier molecular flexibility index (Phi) is 4.28. The Hall–Kier alpha value is -2.06. The monoisotopic (exact) mass is 364 g/mol. The lowest BCUT2D eigenvalue weighted by molar-refractivity contribution is -0.145. The summed E-state index contributed by atoms with van der Waals surface area (Å²) in [6.07, 6.45) is -1.25. The number of hydrogen-bond donors (Lipinski definition) is 3. The molecule has 1 saturated heterocycles. The van der Waals surface area contributed by atoms with Crippen LogP contribution >= 0.6 is 11.8 Å². The Morgan fingerprint density at radius 3 is 2.56 bits per heavy atom. The minimum Gasteiger partial charge on any atom is -0.480 e. The largest absolute Gasteiger partial charge is 0.480 e. The van der Waals surface area contributed by atoms with Crippen molar-refractivity contribution in [3.8, 4) is 0 Å². The summed E-state index contributed by atoms with van der Waals surface area (Å²) in [4.78, 5) is 38.4. The molecule has 0 bridgehead atoms. The smallest absolute Gasteiger partial charge is 0.328 e. The average molecular weight is 364 g/mol. The van der Waals surface area contributed by atoms with Crippen LogP contribution in [0.15, 0.2) is 24.3 Å². The van der Waals surface area contributed by atoms with Gasteiger partial charge in [0.1, 0.15) is 11.4 Å². The molecule has 7 nitrogen and oxygen atoms in total. The molecular formula is C17H20N2O5S. The zero-order chi connectivity index (χ0) is 18.5. The molecule has 1 fully saturated rings. The van der Waals surface area contributed by atoms with Crippen LogP contribution in [0.25, 0.3) is 0 Å². The first kappa shape index (κ1) is 17.8. The predicted molar refractivity (Wildman–Crippen MR) is 92.1 cm³/mol. The van der Waals surface area contributed by atoms with E-state index < -0.39 is 34.8 Å². The van der Waals surface area contributed by atoms with Crippen LogP contribution in [0.5, 0.6) is 0 Å². The third kappa shape index (κ3) is 2.79. The summed E-state index contributed by atoms with van der Waals surface area (Å²) in [5, 5.41) is 20.9. The summed E-state index contributed by atoms with van der Waals surface area (Å²) in [6, 6.07) is 4.98. The number of carbonyl (C=O) groups excluding carboxylic acids is 2. The van der Waals surface area contributed by atoms with Gasteiger partial charge in [0.2, 0.25) is 5.91 Å². The van der Waals surface area contributed by atoms with Crippen molar-refractivity contribution < 1.29 is 24.6 Å². The maximum Gasteiger partial charge on any atom is 0.328 e. The van der Waals surface area contributed by atoms with E-state index >= 15 is 0 Å². The van der Waals surface area contributed by atoms with Gasteiger partial charge in [0.05, 0.1) is 6.10 Å². The lowest BCUT2D eigenvalue weighted by Gasteiger charge is -2.31. The summed E-state index contributed by atoms with van der Waals surface area (Å²) >= 11 is 1.50. The lowest BCUT2D eigenvalue weighted by Crippen LogP contribution is -2.57. The van der Waals surface area contributed by atoms with Gasteiger partial charge >= 0.3 is 5.97 Å². The highest BCUT2D eigenvalue weighted by molar-refractivity contribution is 8.01. The fourth-order valence-corrected chi connectivity index (χ4v) is 5.01. The highest BCUT2D eigenvalue weighted by Gasteiger charge is 2.57. The first-order valence-electron chi connectivity index (χ1n) is 7.96. The van der Waals surface area contributed by atoms with Gasteiger partial charge in [-0.25, -0.2) is 4.79 Å². The third-order valence-corrected chi connectivity index (χ3v) is 6.13. The Balaban J connectivity index is 1.93. The van der Waals surface area contributed by atoms with Gasteiger partial charge in [-0.1, -0.05) is 18.2 Å². The number of carboxylic acid groups (broad SMARTS) is 1. The molecule has 3 rings (SSSR count). The van der Waals surface area contributed by atoms with Gasteiger partial charge < -0.3 is 20.4 Å². The molecule has 2 aliphatic rings. The van der Waals surface area contributed by atoms with Crippen LogP contribution in [0.3, 0.4) is 0 Å².